The fourth-order valence-corrected chi connectivity index (χ4v) is 2.64. The van der Waals surface area contributed by atoms with Gasteiger partial charge in [0.25, 0.3) is 0 Å². The van der Waals surface area contributed by atoms with Crippen molar-refractivity contribution in [1.29, 1.82) is 0 Å². The van der Waals surface area contributed by atoms with Crippen LogP contribution in [0.25, 0.3) is 0 Å². The van der Waals surface area contributed by atoms with E-state index in [0.29, 0.717) is 5.11 Å². The van der Waals surface area contributed by atoms with Crippen molar-refractivity contribution >= 4 is 17.3 Å². The zero-order chi connectivity index (χ0) is 15.6. The van der Waals surface area contributed by atoms with E-state index in [2.05, 4.69) is 21.6 Å². The van der Waals surface area contributed by atoms with Gasteiger partial charge >= 0.3 is 0 Å². The minimum Gasteiger partial charge on any atom is -0.496 e. The standard InChI is InChI=1S/C16H25N3O2S/c1-20-15-5-3-2-4-14(15)6-7-17-16(22)18-8-9-19-10-12-21-13-11-19/h2-5H,6-13H2,1H3,(H2,17,18,22). The van der Waals surface area contributed by atoms with E-state index in [-0.39, 0.29) is 0 Å². The zero-order valence-corrected chi connectivity index (χ0v) is 14.0. The number of para-hydroxylation sites is 1. The Morgan fingerprint density at radius 3 is 2.73 bits per heavy atom. The molecule has 122 valence electrons. The maximum atomic E-state index is 5.34. The summed E-state index contributed by atoms with van der Waals surface area (Å²) in [6.45, 7) is 6.34. The van der Waals surface area contributed by atoms with Gasteiger partial charge in [-0.2, -0.15) is 0 Å². The molecular formula is C16H25N3O2S. The third-order valence-electron chi connectivity index (χ3n) is 3.69. The second kappa shape index (κ2) is 9.61. The van der Waals surface area contributed by atoms with Crippen molar-refractivity contribution in [3.05, 3.63) is 29.8 Å². The van der Waals surface area contributed by atoms with E-state index in [1.54, 1.807) is 7.11 Å². The molecule has 22 heavy (non-hydrogen) atoms. The molecule has 0 bridgehead atoms. The van der Waals surface area contributed by atoms with Gasteiger partial charge in [0.2, 0.25) is 0 Å². The predicted molar refractivity (Wildman–Crippen MR) is 92.6 cm³/mol. The minimum absolute atomic E-state index is 0.711. The highest BCUT2D eigenvalue weighted by molar-refractivity contribution is 7.80. The van der Waals surface area contributed by atoms with Crippen LogP contribution in [-0.4, -0.2) is 63.1 Å². The lowest BCUT2D eigenvalue weighted by atomic mass is 10.1. The quantitative estimate of drug-likeness (QED) is 0.731. The number of nitrogens with zero attached hydrogens (tertiary/aromatic N) is 1. The van der Waals surface area contributed by atoms with Gasteiger partial charge in [0.15, 0.2) is 5.11 Å². The van der Waals surface area contributed by atoms with E-state index < -0.39 is 0 Å². The summed E-state index contributed by atoms with van der Waals surface area (Å²) in [5, 5.41) is 7.20. The molecule has 1 aromatic carbocycles. The molecule has 2 N–H and O–H groups in total. The number of rotatable bonds is 7. The summed E-state index contributed by atoms with van der Waals surface area (Å²) in [5.74, 6) is 0.926. The van der Waals surface area contributed by atoms with Crippen molar-refractivity contribution in [3.8, 4) is 5.75 Å². The molecule has 1 heterocycles. The van der Waals surface area contributed by atoms with Crippen LogP contribution in [0.5, 0.6) is 5.75 Å². The largest absolute Gasteiger partial charge is 0.496 e. The number of morpholine rings is 1. The first-order valence-corrected chi connectivity index (χ1v) is 8.14. The van der Waals surface area contributed by atoms with E-state index in [1.807, 2.05) is 18.2 Å². The lowest BCUT2D eigenvalue weighted by molar-refractivity contribution is 0.0389. The van der Waals surface area contributed by atoms with Crippen LogP contribution in [0.1, 0.15) is 5.56 Å². The molecule has 1 saturated heterocycles. The fourth-order valence-electron chi connectivity index (χ4n) is 2.44. The SMILES string of the molecule is COc1ccccc1CCNC(=S)NCCN1CCOCC1. The fraction of sp³-hybridized carbons (Fsp3) is 0.562. The Labute approximate surface area is 138 Å². The van der Waals surface area contributed by atoms with Crippen LogP contribution in [0, 0.1) is 0 Å². The lowest BCUT2D eigenvalue weighted by Gasteiger charge is -2.26. The van der Waals surface area contributed by atoms with Gasteiger partial charge in [-0.1, -0.05) is 18.2 Å². The molecule has 1 aliphatic rings. The molecule has 1 aromatic rings. The van der Waals surface area contributed by atoms with E-state index >= 15 is 0 Å². The first-order valence-electron chi connectivity index (χ1n) is 7.73. The molecule has 2 rings (SSSR count). The van der Waals surface area contributed by atoms with Crippen LogP contribution >= 0.6 is 12.2 Å². The number of hydrogen-bond donors (Lipinski definition) is 2. The number of hydrogen-bond acceptors (Lipinski definition) is 4. The molecule has 1 fully saturated rings. The van der Waals surface area contributed by atoms with Gasteiger partial charge in [-0.3, -0.25) is 4.90 Å². The maximum Gasteiger partial charge on any atom is 0.166 e. The smallest absolute Gasteiger partial charge is 0.166 e. The topological polar surface area (TPSA) is 45.8 Å². The van der Waals surface area contributed by atoms with Crippen molar-refractivity contribution in [2.75, 3.05) is 53.0 Å². The second-order valence-corrected chi connectivity index (χ2v) is 5.61. The first-order chi connectivity index (χ1) is 10.8. The number of thiocarbonyl (C=S) groups is 1. The molecule has 0 saturated carbocycles. The Kier molecular flexibility index (Phi) is 7.42. The highest BCUT2D eigenvalue weighted by atomic mass is 32.1. The third-order valence-corrected chi connectivity index (χ3v) is 3.98. The van der Waals surface area contributed by atoms with Gasteiger partial charge in [-0.25, -0.2) is 0 Å². The number of ether oxygens (including phenoxy) is 2. The second-order valence-electron chi connectivity index (χ2n) is 5.20. The number of nitrogens with one attached hydrogen (secondary N) is 2. The highest BCUT2D eigenvalue weighted by Gasteiger charge is 2.09. The summed E-state index contributed by atoms with van der Waals surface area (Å²) >= 11 is 5.30. The van der Waals surface area contributed by atoms with Crippen LogP contribution in [0.4, 0.5) is 0 Å². The van der Waals surface area contributed by atoms with Gasteiger partial charge < -0.3 is 20.1 Å². The molecule has 0 radical (unpaired) electrons. The average molecular weight is 323 g/mol. The van der Waals surface area contributed by atoms with Crippen molar-refractivity contribution in [2.24, 2.45) is 0 Å². The normalized spacial score (nSPS) is 15.3. The van der Waals surface area contributed by atoms with Crippen LogP contribution in [0.3, 0.4) is 0 Å². The van der Waals surface area contributed by atoms with E-state index in [1.165, 1.54) is 5.56 Å². The summed E-state index contributed by atoms with van der Waals surface area (Å²) in [4.78, 5) is 2.38. The summed E-state index contributed by atoms with van der Waals surface area (Å²) in [6, 6.07) is 8.06. The molecular weight excluding hydrogens is 298 g/mol. The summed E-state index contributed by atoms with van der Waals surface area (Å²) in [7, 11) is 1.70. The highest BCUT2D eigenvalue weighted by Crippen LogP contribution is 2.17. The van der Waals surface area contributed by atoms with Crippen LogP contribution in [0.15, 0.2) is 24.3 Å². The van der Waals surface area contributed by atoms with Gasteiger partial charge in [0, 0.05) is 32.7 Å². The third kappa shape index (κ3) is 5.79. The monoisotopic (exact) mass is 323 g/mol. The maximum absolute atomic E-state index is 5.34. The molecule has 6 heteroatoms. The molecule has 0 spiro atoms. The minimum atomic E-state index is 0.711. The van der Waals surface area contributed by atoms with E-state index in [4.69, 9.17) is 21.7 Å². The first kappa shape index (κ1) is 17.0. The molecule has 0 aliphatic carbocycles. The zero-order valence-electron chi connectivity index (χ0n) is 13.1. The van der Waals surface area contributed by atoms with Gasteiger partial charge in [0.05, 0.1) is 20.3 Å². The molecule has 0 atom stereocenters. The Morgan fingerprint density at radius 1 is 1.23 bits per heavy atom. The van der Waals surface area contributed by atoms with Gasteiger partial charge in [-0.15, -0.1) is 0 Å². The number of benzene rings is 1. The Morgan fingerprint density at radius 2 is 1.95 bits per heavy atom. The van der Waals surface area contributed by atoms with E-state index in [9.17, 15) is 0 Å². The molecule has 0 unspecified atom stereocenters. The molecule has 0 amide bonds. The van der Waals surface area contributed by atoms with Gasteiger partial charge in [-0.05, 0) is 30.3 Å². The lowest BCUT2D eigenvalue weighted by Crippen LogP contribution is -2.43. The number of methoxy groups -OCH3 is 1. The average Bonchev–Trinajstić information content (AvgIpc) is 2.56. The van der Waals surface area contributed by atoms with Crippen molar-refractivity contribution in [1.82, 2.24) is 15.5 Å². The molecule has 1 aliphatic heterocycles. The Hall–Kier alpha value is -1.37. The van der Waals surface area contributed by atoms with Crippen LogP contribution in [0.2, 0.25) is 0 Å². The van der Waals surface area contributed by atoms with E-state index in [0.717, 1.165) is 58.1 Å². The van der Waals surface area contributed by atoms with Crippen molar-refractivity contribution in [3.63, 3.8) is 0 Å². The van der Waals surface area contributed by atoms with Gasteiger partial charge in [0.1, 0.15) is 5.75 Å². The van der Waals surface area contributed by atoms with Crippen molar-refractivity contribution in [2.45, 2.75) is 6.42 Å². The summed E-state index contributed by atoms with van der Waals surface area (Å²) < 4.78 is 10.7. The summed E-state index contributed by atoms with van der Waals surface area (Å²) in [6.07, 6.45) is 0.884. The Bertz CT molecular complexity index is 464. The Balaban J connectivity index is 1.59. The van der Waals surface area contributed by atoms with Crippen LogP contribution < -0.4 is 15.4 Å². The summed E-state index contributed by atoms with van der Waals surface area (Å²) in [5.41, 5.74) is 1.19. The van der Waals surface area contributed by atoms with Crippen molar-refractivity contribution < 1.29 is 9.47 Å². The van der Waals surface area contributed by atoms with Crippen LogP contribution in [-0.2, 0) is 11.2 Å². The predicted octanol–water partition coefficient (Wildman–Crippen LogP) is 1.03. The molecule has 0 aromatic heterocycles. The molecule has 5 nitrogen and oxygen atoms in total.